The fourth-order valence-electron chi connectivity index (χ4n) is 12.3. The first-order valence-electron chi connectivity index (χ1n) is 25.1. The summed E-state index contributed by atoms with van der Waals surface area (Å²) in [7, 11) is -4.72. The van der Waals surface area contributed by atoms with E-state index >= 15 is 4.39 Å². The monoisotopic (exact) mass is 975 g/mol. The minimum absolute atomic E-state index is 0.0185. The first kappa shape index (κ1) is 46.6. The SMILES string of the molecule is CC(C)c1ccccc1[C@@H]1CCC[C@@H]1N1CC2(CCN(c3ccc(C(=O)NS(=O)(=O)c4cc5c(c([N+](=O)[O-])c4)N[C@@H]([C@H]4CC[C@](C)(O)CC4)CO5)c(Oc4cc5c(F)c[nH]c5nc4C4CC4)c3)CC2)C1. The number of pyridine rings is 1. The van der Waals surface area contributed by atoms with Crippen molar-refractivity contribution >= 4 is 44.0 Å². The Morgan fingerprint density at radius 1 is 1.00 bits per heavy atom. The van der Waals surface area contributed by atoms with Gasteiger partial charge < -0.3 is 29.8 Å². The highest BCUT2D eigenvalue weighted by molar-refractivity contribution is 7.90. The molecule has 3 aromatic carbocycles. The lowest BCUT2D eigenvalue weighted by Gasteiger charge is -2.57. The molecule has 3 aliphatic heterocycles. The number of ether oxygens (including phenoxy) is 2. The fraction of sp³-hybridized carbons (Fsp3) is 0.509. The number of nitro groups is 1. The number of aromatic amines is 1. The van der Waals surface area contributed by atoms with E-state index in [9.17, 15) is 28.4 Å². The van der Waals surface area contributed by atoms with Crippen LogP contribution in [-0.2, 0) is 10.0 Å². The van der Waals surface area contributed by atoms with Crippen LogP contribution in [0.4, 0.5) is 21.5 Å². The lowest BCUT2D eigenvalue weighted by molar-refractivity contribution is -0.384. The first-order chi connectivity index (χ1) is 33.5. The number of aliphatic hydroxyl groups is 1. The number of nitrogens with one attached hydrogen (secondary N) is 3. The molecule has 0 radical (unpaired) electrons. The molecule has 0 unspecified atom stereocenters. The summed E-state index contributed by atoms with van der Waals surface area (Å²) in [6.07, 6.45) is 11.2. The highest BCUT2D eigenvalue weighted by Gasteiger charge is 2.50. The second kappa shape index (κ2) is 17.8. The second-order valence-electron chi connectivity index (χ2n) is 21.6. The van der Waals surface area contributed by atoms with Gasteiger partial charge in [0.1, 0.15) is 29.6 Å². The molecule has 5 aromatic rings. The molecule has 3 aliphatic carbocycles. The molecule has 1 spiro atoms. The summed E-state index contributed by atoms with van der Waals surface area (Å²) in [5.74, 6) is -0.0206. The minimum atomic E-state index is -4.72. The van der Waals surface area contributed by atoms with Gasteiger partial charge >= 0.3 is 0 Å². The summed E-state index contributed by atoms with van der Waals surface area (Å²) in [6, 6.07) is 18.0. The number of halogens is 1. The van der Waals surface area contributed by atoms with Crippen molar-refractivity contribution in [3.63, 3.8) is 0 Å². The Kier molecular flexibility index (Phi) is 11.9. The van der Waals surface area contributed by atoms with Gasteiger partial charge in [-0.05, 0) is 124 Å². The van der Waals surface area contributed by atoms with Gasteiger partial charge in [-0.2, -0.15) is 0 Å². The van der Waals surface area contributed by atoms with Gasteiger partial charge in [-0.15, -0.1) is 0 Å². The normalized spacial score (nSPS) is 25.5. The van der Waals surface area contributed by atoms with Gasteiger partial charge in [0.25, 0.3) is 21.6 Å². The Hall–Kier alpha value is -5.78. The van der Waals surface area contributed by atoms with Gasteiger partial charge in [-0.3, -0.25) is 19.8 Å². The molecule has 2 aromatic heterocycles. The molecule has 4 N–H and O–H groups in total. The molecule has 15 nitrogen and oxygen atoms in total. The lowest BCUT2D eigenvalue weighted by atomic mass is 9.70. The maximum absolute atomic E-state index is 15.0. The summed E-state index contributed by atoms with van der Waals surface area (Å²) in [5.41, 5.74) is 3.67. The number of benzene rings is 3. The average Bonchev–Trinajstić information content (AvgIpc) is 3.96. The highest BCUT2D eigenvalue weighted by Crippen LogP contribution is 2.50. The number of amides is 1. The standard InChI is InChI=1S/C53H62FN7O8S/c1-31(2)36-7-4-5-8-37(36)38-9-6-10-43(38)60-29-53(30-60)19-21-59(22-20-53)34-13-14-39(45(23-34)69-47-26-40-41(54)27-55-50(40)57-48(47)33-11-12-33)51(62)58-70(66,67)35-24-44(61(64)65)49-46(25-35)68-28-42(56-49)32-15-17-52(3,63)18-16-32/h4-5,7-8,13-14,23-27,31-33,38,42-43,56,63H,6,9-12,15-22,28-30H2,1-3H3,(H,55,57)(H,58,62)/t32-,38-,42+,43-,52-/m0/s1. The largest absolute Gasteiger partial charge is 0.489 e. The van der Waals surface area contributed by atoms with Gasteiger partial charge in [-0.1, -0.05) is 44.5 Å². The topological polar surface area (TPSA) is 192 Å². The third-order valence-corrected chi connectivity index (χ3v) is 17.8. The number of aromatic nitrogens is 2. The Balaban J connectivity index is 0.838. The molecule has 5 heterocycles. The van der Waals surface area contributed by atoms with Crippen LogP contribution in [0, 0.1) is 27.3 Å². The summed E-state index contributed by atoms with van der Waals surface area (Å²) in [5, 5.41) is 26.4. The van der Waals surface area contributed by atoms with Gasteiger partial charge in [-0.25, -0.2) is 22.5 Å². The Morgan fingerprint density at radius 2 is 1.76 bits per heavy atom. The number of anilines is 2. The third-order valence-electron chi connectivity index (χ3n) is 16.4. The molecule has 2 saturated heterocycles. The van der Waals surface area contributed by atoms with E-state index < -0.39 is 42.9 Å². The zero-order valence-corrected chi connectivity index (χ0v) is 40.8. The highest BCUT2D eigenvalue weighted by atomic mass is 32.2. The van der Waals surface area contributed by atoms with Gasteiger partial charge in [0.2, 0.25) is 0 Å². The number of rotatable bonds is 12. The van der Waals surface area contributed by atoms with Crippen molar-refractivity contribution in [1.82, 2.24) is 19.6 Å². The van der Waals surface area contributed by atoms with Crippen molar-refractivity contribution in [2.24, 2.45) is 11.3 Å². The number of H-pyrrole nitrogens is 1. The van der Waals surface area contributed by atoms with Crippen molar-refractivity contribution < 1.29 is 37.1 Å². The van der Waals surface area contributed by atoms with Crippen LogP contribution in [0.1, 0.15) is 136 Å². The number of nitrogens with zero attached hydrogens (tertiary/aromatic N) is 4. The van der Waals surface area contributed by atoms with Crippen LogP contribution in [-0.4, -0.2) is 89.7 Å². The number of sulfonamides is 1. The molecule has 0 bridgehead atoms. The van der Waals surface area contributed by atoms with E-state index in [-0.39, 0.29) is 63.8 Å². The molecule has 3 saturated carbocycles. The van der Waals surface area contributed by atoms with E-state index in [2.05, 4.69) is 62.9 Å². The fourth-order valence-corrected chi connectivity index (χ4v) is 13.3. The maximum Gasteiger partial charge on any atom is 0.297 e. The Bertz CT molecular complexity index is 2970. The number of carbonyl (C=O) groups excluding carboxylic acids is 1. The number of nitro benzene ring substituents is 1. The van der Waals surface area contributed by atoms with E-state index in [1.165, 1.54) is 48.7 Å². The molecule has 11 rings (SSSR count). The van der Waals surface area contributed by atoms with Crippen molar-refractivity contribution in [2.45, 2.75) is 132 Å². The molecular formula is C53H62FN7O8S. The first-order valence-corrected chi connectivity index (χ1v) is 26.6. The lowest BCUT2D eigenvalue weighted by Crippen LogP contribution is -2.63. The van der Waals surface area contributed by atoms with Crippen LogP contribution >= 0.6 is 0 Å². The summed E-state index contributed by atoms with van der Waals surface area (Å²) in [4.78, 5) is 38.2. The summed E-state index contributed by atoms with van der Waals surface area (Å²) >= 11 is 0. The molecule has 1 amide bonds. The smallest absolute Gasteiger partial charge is 0.297 e. The van der Waals surface area contributed by atoms with Gasteiger partial charge in [0, 0.05) is 68.2 Å². The van der Waals surface area contributed by atoms with Crippen LogP contribution < -0.4 is 24.4 Å². The zero-order valence-electron chi connectivity index (χ0n) is 40.0. The van der Waals surface area contributed by atoms with Crippen LogP contribution in [0.5, 0.6) is 17.2 Å². The Morgan fingerprint density at radius 3 is 2.49 bits per heavy atom. The van der Waals surface area contributed by atoms with E-state index in [0.717, 1.165) is 63.6 Å². The molecule has 3 atom stereocenters. The third kappa shape index (κ3) is 8.86. The summed E-state index contributed by atoms with van der Waals surface area (Å²) < 4.78 is 58.0. The Labute approximate surface area is 407 Å². The molecule has 370 valence electrons. The van der Waals surface area contributed by atoms with E-state index in [4.69, 9.17) is 14.5 Å². The number of piperidine rings is 1. The molecule has 17 heteroatoms. The predicted molar refractivity (Wildman–Crippen MR) is 264 cm³/mol. The second-order valence-corrected chi connectivity index (χ2v) is 23.3. The van der Waals surface area contributed by atoms with Gasteiger partial charge in [0.15, 0.2) is 11.4 Å². The summed E-state index contributed by atoms with van der Waals surface area (Å²) in [6.45, 7) is 10.2. The van der Waals surface area contributed by atoms with Crippen molar-refractivity contribution in [2.75, 3.05) is 43.0 Å². The van der Waals surface area contributed by atoms with Crippen LogP contribution in [0.2, 0.25) is 0 Å². The number of hydrogen-bond acceptors (Lipinski definition) is 12. The van der Waals surface area contributed by atoms with Crippen LogP contribution in [0.15, 0.2) is 71.8 Å². The molecule has 6 aliphatic rings. The minimum Gasteiger partial charge on any atom is -0.489 e. The maximum atomic E-state index is 15.0. The van der Waals surface area contributed by atoms with E-state index in [1.807, 2.05) is 0 Å². The zero-order chi connectivity index (χ0) is 48.7. The molecule has 70 heavy (non-hydrogen) atoms. The van der Waals surface area contributed by atoms with Crippen molar-refractivity contribution in [3.8, 4) is 17.2 Å². The van der Waals surface area contributed by atoms with Crippen LogP contribution in [0.3, 0.4) is 0 Å². The number of fused-ring (bicyclic) bond motifs is 2. The van der Waals surface area contributed by atoms with E-state index in [0.29, 0.717) is 54.9 Å². The molecular weight excluding hydrogens is 914 g/mol. The molecule has 5 fully saturated rings. The number of carbonyl (C=O) groups is 1. The van der Waals surface area contributed by atoms with Crippen LogP contribution in [0.25, 0.3) is 11.0 Å². The van der Waals surface area contributed by atoms with Gasteiger partial charge in [0.05, 0.1) is 38.1 Å². The van der Waals surface area contributed by atoms with Crippen molar-refractivity contribution in [3.05, 3.63) is 105 Å². The predicted octanol–water partition coefficient (Wildman–Crippen LogP) is 9.87. The average molecular weight is 976 g/mol. The van der Waals surface area contributed by atoms with Crippen molar-refractivity contribution in [1.29, 1.82) is 0 Å². The van der Waals surface area contributed by atoms with E-state index in [1.54, 1.807) is 25.1 Å². The number of likely N-dealkylation sites (tertiary alicyclic amines) is 1. The number of hydrogen-bond donors (Lipinski definition) is 4. The quantitative estimate of drug-likeness (QED) is 0.0685.